The summed E-state index contributed by atoms with van der Waals surface area (Å²) in [5, 5.41) is 3.13. The summed E-state index contributed by atoms with van der Waals surface area (Å²) in [5.74, 6) is -2.64. The van der Waals surface area contributed by atoms with E-state index < -0.39 is 30.1 Å². The number of ether oxygens (including phenoxy) is 2. The molecule has 33 heavy (non-hydrogen) atoms. The number of rotatable bonds is 7. The van der Waals surface area contributed by atoms with Gasteiger partial charge < -0.3 is 24.1 Å². The number of nitrogens with zero attached hydrogens (tertiary/aromatic N) is 3. The van der Waals surface area contributed by atoms with Crippen molar-refractivity contribution < 1.29 is 36.7 Å². The Bertz CT molecular complexity index is 1190. The standard InChI is InChI=1S/C21H19F3N4O5/c1-2-31-19(30)17-9-26-21(33-17)28-4-3-13(10-28)27-18(29)12-5-11-6-14(22)16(32-20(23)24)7-15(11)25-8-12/h5-9,13,20H,2-4,10H2,1H3,(H,27,29). The van der Waals surface area contributed by atoms with Gasteiger partial charge >= 0.3 is 12.6 Å². The molecule has 12 heteroatoms. The topological polar surface area (TPSA) is 107 Å². The largest absolute Gasteiger partial charge is 0.460 e. The average Bonchev–Trinajstić information content (AvgIpc) is 3.43. The Balaban J connectivity index is 1.41. The molecule has 0 aliphatic carbocycles. The van der Waals surface area contributed by atoms with Crippen LogP contribution in [0.2, 0.25) is 0 Å². The molecule has 0 spiro atoms. The molecule has 9 nitrogen and oxygen atoms in total. The molecule has 4 rings (SSSR count). The van der Waals surface area contributed by atoms with Crippen molar-refractivity contribution in [2.45, 2.75) is 26.0 Å². The monoisotopic (exact) mass is 464 g/mol. The molecule has 1 atom stereocenters. The zero-order chi connectivity index (χ0) is 23.5. The number of benzene rings is 1. The van der Waals surface area contributed by atoms with Gasteiger partial charge in [-0.3, -0.25) is 9.78 Å². The van der Waals surface area contributed by atoms with E-state index in [4.69, 9.17) is 9.15 Å². The zero-order valence-corrected chi connectivity index (χ0v) is 17.4. The Morgan fingerprint density at radius 3 is 2.85 bits per heavy atom. The van der Waals surface area contributed by atoms with E-state index in [0.717, 1.165) is 12.1 Å². The van der Waals surface area contributed by atoms with Gasteiger partial charge in [0.05, 0.1) is 23.9 Å². The third-order valence-electron chi connectivity index (χ3n) is 4.98. The Kier molecular flexibility index (Phi) is 6.33. The molecule has 1 unspecified atom stereocenters. The number of nitrogens with one attached hydrogen (secondary N) is 1. The Hall–Kier alpha value is -3.83. The molecule has 1 amide bonds. The van der Waals surface area contributed by atoms with Crippen LogP contribution in [0, 0.1) is 5.82 Å². The highest BCUT2D eigenvalue weighted by Gasteiger charge is 2.28. The van der Waals surface area contributed by atoms with Crippen molar-refractivity contribution in [1.82, 2.24) is 15.3 Å². The van der Waals surface area contributed by atoms with E-state index in [9.17, 15) is 22.8 Å². The number of amides is 1. The smallest absolute Gasteiger partial charge is 0.387 e. The summed E-state index contributed by atoms with van der Waals surface area (Å²) in [6, 6.07) is 3.47. The summed E-state index contributed by atoms with van der Waals surface area (Å²) in [4.78, 5) is 34.3. The molecule has 1 N–H and O–H groups in total. The maximum atomic E-state index is 14.0. The minimum atomic E-state index is -3.17. The van der Waals surface area contributed by atoms with E-state index in [0.29, 0.717) is 19.5 Å². The molecule has 1 fully saturated rings. The highest BCUT2D eigenvalue weighted by Crippen LogP contribution is 2.26. The molecular formula is C21H19F3N4O5. The van der Waals surface area contributed by atoms with Crippen molar-refractivity contribution in [3.63, 3.8) is 0 Å². The van der Waals surface area contributed by atoms with Gasteiger partial charge in [-0.25, -0.2) is 14.2 Å². The van der Waals surface area contributed by atoms with Crippen molar-refractivity contribution in [2.75, 3.05) is 24.6 Å². The fourth-order valence-corrected chi connectivity index (χ4v) is 3.47. The molecule has 1 aliphatic heterocycles. The number of hydrogen-bond donors (Lipinski definition) is 1. The van der Waals surface area contributed by atoms with E-state index >= 15 is 0 Å². The van der Waals surface area contributed by atoms with Crippen molar-refractivity contribution >= 4 is 28.8 Å². The van der Waals surface area contributed by atoms with Crippen LogP contribution in [-0.4, -0.2) is 54.2 Å². The molecule has 174 valence electrons. The van der Waals surface area contributed by atoms with Crippen LogP contribution in [0.3, 0.4) is 0 Å². The van der Waals surface area contributed by atoms with Crippen LogP contribution in [0.4, 0.5) is 19.2 Å². The number of oxazole rings is 1. The molecular weight excluding hydrogens is 445 g/mol. The fourth-order valence-electron chi connectivity index (χ4n) is 3.47. The first-order valence-corrected chi connectivity index (χ1v) is 10.1. The van der Waals surface area contributed by atoms with Crippen molar-refractivity contribution in [1.29, 1.82) is 0 Å². The van der Waals surface area contributed by atoms with E-state index in [-0.39, 0.29) is 40.9 Å². The molecule has 2 aromatic heterocycles. The van der Waals surface area contributed by atoms with E-state index in [1.807, 2.05) is 0 Å². The van der Waals surface area contributed by atoms with Crippen LogP contribution in [0.25, 0.3) is 10.9 Å². The minimum absolute atomic E-state index is 0.00378. The van der Waals surface area contributed by atoms with Gasteiger partial charge in [0.2, 0.25) is 5.76 Å². The number of fused-ring (bicyclic) bond motifs is 1. The van der Waals surface area contributed by atoms with Crippen LogP contribution >= 0.6 is 0 Å². The number of alkyl halides is 2. The van der Waals surface area contributed by atoms with Gasteiger partial charge in [-0.15, -0.1) is 0 Å². The van der Waals surface area contributed by atoms with Crippen molar-refractivity contribution in [3.8, 4) is 5.75 Å². The predicted molar refractivity (Wildman–Crippen MR) is 109 cm³/mol. The normalized spacial score (nSPS) is 15.8. The van der Waals surface area contributed by atoms with Crippen LogP contribution in [0.5, 0.6) is 5.75 Å². The molecule has 1 aliphatic rings. The summed E-state index contributed by atoms with van der Waals surface area (Å²) in [7, 11) is 0. The Labute approximate surface area is 185 Å². The number of aromatic nitrogens is 2. The third kappa shape index (κ3) is 4.99. The van der Waals surface area contributed by atoms with Gasteiger partial charge in [-0.05, 0) is 25.5 Å². The summed E-state index contributed by atoms with van der Waals surface area (Å²) < 4.78 is 53.2. The summed E-state index contributed by atoms with van der Waals surface area (Å²) >= 11 is 0. The second-order valence-electron chi connectivity index (χ2n) is 7.21. The van der Waals surface area contributed by atoms with Gasteiger partial charge in [0, 0.05) is 36.8 Å². The number of carbonyl (C=O) groups is 2. The summed E-state index contributed by atoms with van der Waals surface area (Å²) in [5.41, 5.74) is 0.389. The molecule has 0 radical (unpaired) electrons. The lowest BCUT2D eigenvalue weighted by Gasteiger charge is -2.15. The number of esters is 1. The minimum Gasteiger partial charge on any atom is -0.460 e. The van der Waals surface area contributed by atoms with Gasteiger partial charge in [0.15, 0.2) is 11.6 Å². The number of anilines is 1. The molecule has 1 saturated heterocycles. The average molecular weight is 464 g/mol. The first-order chi connectivity index (χ1) is 15.8. The molecule has 3 aromatic rings. The third-order valence-corrected chi connectivity index (χ3v) is 4.98. The quantitative estimate of drug-likeness (QED) is 0.532. The fraction of sp³-hybridized carbons (Fsp3) is 0.333. The Morgan fingerprint density at radius 2 is 2.09 bits per heavy atom. The zero-order valence-electron chi connectivity index (χ0n) is 17.4. The number of hydrogen-bond acceptors (Lipinski definition) is 8. The molecule has 1 aromatic carbocycles. The highest BCUT2D eigenvalue weighted by molar-refractivity contribution is 5.97. The van der Waals surface area contributed by atoms with Crippen LogP contribution in [0.1, 0.15) is 34.3 Å². The molecule has 0 bridgehead atoms. The highest BCUT2D eigenvalue weighted by atomic mass is 19.3. The Morgan fingerprint density at radius 1 is 1.27 bits per heavy atom. The van der Waals surface area contributed by atoms with Crippen molar-refractivity contribution in [2.24, 2.45) is 0 Å². The maximum absolute atomic E-state index is 14.0. The first-order valence-electron chi connectivity index (χ1n) is 10.1. The summed E-state index contributed by atoms with van der Waals surface area (Å²) in [6.07, 6.45) is 3.16. The summed E-state index contributed by atoms with van der Waals surface area (Å²) in [6.45, 7) is -0.321. The lowest BCUT2D eigenvalue weighted by atomic mass is 10.1. The second kappa shape index (κ2) is 9.35. The van der Waals surface area contributed by atoms with Crippen LogP contribution in [-0.2, 0) is 4.74 Å². The van der Waals surface area contributed by atoms with Gasteiger partial charge in [-0.1, -0.05) is 0 Å². The lowest BCUT2D eigenvalue weighted by Crippen LogP contribution is -2.37. The number of pyridine rings is 1. The SMILES string of the molecule is CCOC(=O)c1cnc(N2CCC(NC(=O)c3cnc4cc(OC(F)F)c(F)cc4c3)C2)o1. The lowest BCUT2D eigenvalue weighted by molar-refractivity contribution is -0.0520. The number of halogens is 3. The molecule has 0 saturated carbocycles. The van der Waals surface area contributed by atoms with Crippen LogP contribution < -0.4 is 15.0 Å². The molecule has 3 heterocycles. The van der Waals surface area contributed by atoms with Gasteiger partial charge in [0.1, 0.15) is 0 Å². The number of carbonyl (C=O) groups excluding carboxylic acids is 2. The van der Waals surface area contributed by atoms with Gasteiger partial charge in [0.25, 0.3) is 11.9 Å². The van der Waals surface area contributed by atoms with Crippen molar-refractivity contribution in [3.05, 3.63) is 47.7 Å². The van der Waals surface area contributed by atoms with Crippen LogP contribution in [0.15, 0.2) is 35.0 Å². The maximum Gasteiger partial charge on any atom is 0.387 e. The predicted octanol–water partition coefficient (Wildman–Crippen LogP) is 3.15. The first kappa shape index (κ1) is 22.4. The van der Waals surface area contributed by atoms with E-state index in [1.54, 1.807) is 11.8 Å². The second-order valence-corrected chi connectivity index (χ2v) is 7.21. The van der Waals surface area contributed by atoms with E-state index in [2.05, 4.69) is 20.0 Å². The van der Waals surface area contributed by atoms with Gasteiger partial charge in [-0.2, -0.15) is 8.78 Å². The van der Waals surface area contributed by atoms with E-state index in [1.165, 1.54) is 18.5 Å².